The first kappa shape index (κ1) is 10.0. The first-order chi connectivity index (χ1) is 6.76. The SMILES string of the molecule is O=Cc1cc2scc(CCl)c2cc1S. The predicted molar refractivity (Wildman–Crippen MR) is 64.0 cm³/mol. The topological polar surface area (TPSA) is 17.1 Å². The highest BCUT2D eigenvalue weighted by atomic mass is 35.5. The van der Waals surface area contributed by atoms with Crippen molar-refractivity contribution in [2.24, 2.45) is 0 Å². The number of thiophene rings is 1. The Bertz CT molecular complexity index is 490. The van der Waals surface area contributed by atoms with Gasteiger partial charge in [0.25, 0.3) is 0 Å². The molecule has 0 amide bonds. The summed E-state index contributed by atoms with van der Waals surface area (Å²) in [6.07, 6.45) is 0.821. The van der Waals surface area contributed by atoms with E-state index in [9.17, 15) is 4.79 Å². The summed E-state index contributed by atoms with van der Waals surface area (Å²) in [5.41, 5.74) is 1.73. The normalized spacial score (nSPS) is 10.7. The molecular formula is C10H7ClOS2. The predicted octanol–water partition coefficient (Wildman–Crippen LogP) is 3.74. The van der Waals surface area contributed by atoms with Crippen molar-refractivity contribution in [3.05, 3.63) is 28.6 Å². The van der Waals surface area contributed by atoms with Crippen LogP contribution in [0.3, 0.4) is 0 Å². The van der Waals surface area contributed by atoms with Crippen LogP contribution in [0.2, 0.25) is 0 Å². The highest BCUT2D eigenvalue weighted by molar-refractivity contribution is 7.80. The molecule has 0 saturated heterocycles. The molecule has 2 rings (SSSR count). The number of halogens is 1. The lowest BCUT2D eigenvalue weighted by atomic mass is 10.1. The van der Waals surface area contributed by atoms with E-state index in [0.29, 0.717) is 16.3 Å². The summed E-state index contributed by atoms with van der Waals surface area (Å²) in [5.74, 6) is 0.494. The molecule has 0 aliphatic heterocycles. The van der Waals surface area contributed by atoms with E-state index in [0.717, 1.165) is 21.9 Å². The largest absolute Gasteiger partial charge is 0.298 e. The fraction of sp³-hybridized carbons (Fsp3) is 0.100. The molecule has 0 aliphatic carbocycles. The minimum Gasteiger partial charge on any atom is -0.298 e. The Hall–Kier alpha value is -0.510. The maximum Gasteiger partial charge on any atom is 0.151 e. The Morgan fingerprint density at radius 3 is 2.93 bits per heavy atom. The van der Waals surface area contributed by atoms with Gasteiger partial charge in [-0.05, 0) is 28.5 Å². The molecule has 1 heterocycles. The van der Waals surface area contributed by atoms with Crippen LogP contribution in [-0.2, 0) is 5.88 Å². The van der Waals surface area contributed by atoms with Gasteiger partial charge in [-0.3, -0.25) is 4.79 Å². The molecule has 0 radical (unpaired) electrons. The molecule has 1 nitrogen and oxygen atoms in total. The van der Waals surface area contributed by atoms with E-state index >= 15 is 0 Å². The molecule has 1 aromatic carbocycles. The number of carbonyl (C=O) groups excluding carboxylic acids is 1. The Morgan fingerprint density at radius 2 is 2.29 bits per heavy atom. The summed E-state index contributed by atoms with van der Waals surface area (Å²) >= 11 is 11.6. The minimum atomic E-state index is 0.494. The van der Waals surface area contributed by atoms with Gasteiger partial charge in [0.2, 0.25) is 0 Å². The summed E-state index contributed by atoms with van der Waals surface area (Å²) in [5, 5.41) is 3.11. The van der Waals surface area contributed by atoms with E-state index in [1.807, 2.05) is 17.5 Å². The van der Waals surface area contributed by atoms with E-state index in [2.05, 4.69) is 12.6 Å². The van der Waals surface area contributed by atoms with Gasteiger partial charge in [0.05, 0.1) is 0 Å². The number of alkyl halides is 1. The molecular weight excluding hydrogens is 236 g/mol. The maximum absolute atomic E-state index is 10.7. The highest BCUT2D eigenvalue weighted by Crippen LogP contribution is 2.30. The lowest BCUT2D eigenvalue weighted by Gasteiger charge is -1.98. The molecule has 0 aliphatic rings. The van der Waals surface area contributed by atoms with Crippen molar-refractivity contribution in [3.63, 3.8) is 0 Å². The number of hydrogen-bond donors (Lipinski definition) is 1. The molecule has 0 fully saturated rings. The van der Waals surface area contributed by atoms with Gasteiger partial charge in [0, 0.05) is 21.0 Å². The monoisotopic (exact) mass is 242 g/mol. The zero-order valence-corrected chi connectivity index (χ0v) is 9.63. The van der Waals surface area contributed by atoms with Crippen molar-refractivity contribution >= 4 is 51.9 Å². The fourth-order valence-electron chi connectivity index (χ4n) is 1.33. The molecule has 4 heteroatoms. The van der Waals surface area contributed by atoms with Crippen molar-refractivity contribution in [2.45, 2.75) is 10.8 Å². The fourth-order valence-corrected chi connectivity index (χ4v) is 2.88. The van der Waals surface area contributed by atoms with Crippen molar-refractivity contribution in [3.8, 4) is 0 Å². The quantitative estimate of drug-likeness (QED) is 0.482. The maximum atomic E-state index is 10.7. The van der Waals surface area contributed by atoms with Crippen LogP contribution in [0.4, 0.5) is 0 Å². The van der Waals surface area contributed by atoms with Gasteiger partial charge in [-0.1, -0.05) is 0 Å². The second-order valence-electron chi connectivity index (χ2n) is 2.92. The second kappa shape index (κ2) is 3.93. The summed E-state index contributed by atoms with van der Waals surface area (Å²) in [7, 11) is 0. The molecule has 72 valence electrons. The highest BCUT2D eigenvalue weighted by Gasteiger charge is 2.06. The number of carbonyl (C=O) groups is 1. The summed E-state index contributed by atoms with van der Waals surface area (Å²) in [6.45, 7) is 0. The molecule has 14 heavy (non-hydrogen) atoms. The summed E-state index contributed by atoms with van der Waals surface area (Å²) < 4.78 is 1.08. The number of thiol groups is 1. The van der Waals surface area contributed by atoms with Gasteiger partial charge in [-0.15, -0.1) is 35.6 Å². The van der Waals surface area contributed by atoms with Crippen LogP contribution < -0.4 is 0 Å². The average Bonchev–Trinajstić information content (AvgIpc) is 2.58. The van der Waals surface area contributed by atoms with Crippen LogP contribution in [0, 0.1) is 0 Å². The van der Waals surface area contributed by atoms with Gasteiger partial charge in [-0.25, -0.2) is 0 Å². The van der Waals surface area contributed by atoms with Crippen LogP contribution in [-0.4, -0.2) is 6.29 Å². The number of rotatable bonds is 2. The third kappa shape index (κ3) is 1.56. The Labute approximate surface area is 96.1 Å². The second-order valence-corrected chi connectivity index (χ2v) is 4.58. The van der Waals surface area contributed by atoms with E-state index in [4.69, 9.17) is 11.6 Å². The molecule has 0 saturated carbocycles. The van der Waals surface area contributed by atoms with E-state index in [-0.39, 0.29) is 0 Å². The average molecular weight is 243 g/mol. The molecule has 2 aromatic rings. The van der Waals surface area contributed by atoms with E-state index < -0.39 is 0 Å². The Kier molecular flexibility index (Phi) is 2.81. The Morgan fingerprint density at radius 1 is 1.50 bits per heavy atom. The van der Waals surface area contributed by atoms with Crippen LogP contribution in [0.25, 0.3) is 10.1 Å². The van der Waals surface area contributed by atoms with E-state index in [1.54, 1.807) is 11.3 Å². The smallest absolute Gasteiger partial charge is 0.151 e. The van der Waals surface area contributed by atoms with Crippen LogP contribution in [0.15, 0.2) is 22.4 Å². The van der Waals surface area contributed by atoms with Gasteiger partial charge in [0.15, 0.2) is 6.29 Å². The van der Waals surface area contributed by atoms with Crippen molar-refractivity contribution < 1.29 is 4.79 Å². The molecule has 0 atom stereocenters. The molecule has 0 bridgehead atoms. The van der Waals surface area contributed by atoms with E-state index in [1.165, 1.54) is 0 Å². The van der Waals surface area contributed by atoms with Crippen LogP contribution in [0.5, 0.6) is 0 Å². The van der Waals surface area contributed by atoms with Crippen molar-refractivity contribution in [1.82, 2.24) is 0 Å². The number of aldehydes is 1. The van der Waals surface area contributed by atoms with Crippen LogP contribution >= 0.6 is 35.6 Å². The lowest BCUT2D eigenvalue weighted by molar-refractivity contribution is 0.112. The van der Waals surface area contributed by atoms with Gasteiger partial charge < -0.3 is 0 Å². The third-order valence-corrected chi connectivity index (χ3v) is 3.74. The number of benzene rings is 1. The number of hydrogen-bond acceptors (Lipinski definition) is 3. The van der Waals surface area contributed by atoms with Crippen LogP contribution in [0.1, 0.15) is 15.9 Å². The van der Waals surface area contributed by atoms with Gasteiger partial charge in [0.1, 0.15) is 0 Å². The van der Waals surface area contributed by atoms with Gasteiger partial charge >= 0.3 is 0 Å². The molecule has 0 N–H and O–H groups in total. The lowest BCUT2D eigenvalue weighted by Crippen LogP contribution is -1.82. The zero-order chi connectivity index (χ0) is 10.1. The molecule has 1 aromatic heterocycles. The zero-order valence-electron chi connectivity index (χ0n) is 7.16. The first-order valence-electron chi connectivity index (χ1n) is 4.00. The third-order valence-electron chi connectivity index (χ3n) is 2.07. The Balaban J connectivity index is 2.75. The molecule has 0 unspecified atom stereocenters. The summed E-state index contributed by atoms with van der Waals surface area (Å²) in [6, 6.07) is 3.75. The number of fused-ring (bicyclic) bond motifs is 1. The minimum absolute atomic E-state index is 0.494. The van der Waals surface area contributed by atoms with Crippen molar-refractivity contribution in [2.75, 3.05) is 0 Å². The van der Waals surface area contributed by atoms with Crippen molar-refractivity contribution in [1.29, 1.82) is 0 Å². The molecule has 0 spiro atoms. The summed E-state index contributed by atoms with van der Waals surface area (Å²) in [4.78, 5) is 11.4. The standard InChI is InChI=1S/C10H7ClOS2/c11-3-7-5-14-10-1-6(4-12)9(13)2-8(7)10/h1-2,4-5,13H,3H2. The first-order valence-corrected chi connectivity index (χ1v) is 5.86. The van der Waals surface area contributed by atoms with Gasteiger partial charge in [-0.2, -0.15) is 0 Å².